The lowest BCUT2D eigenvalue weighted by molar-refractivity contribution is -0.156. The number of amides is 2. The van der Waals surface area contributed by atoms with E-state index in [1.54, 1.807) is 0 Å². The van der Waals surface area contributed by atoms with Crippen LogP contribution in [0.1, 0.15) is 25.7 Å². The zero-order valence-electron chi connectivity index (χ0n) is 11.3. The number of aliphatic hydroxyl groups is 1. The predicted molar refractivity (Wildman–Crippen MR) is 68.3 cm³/mol. The highest BCUT2D eigenvalue weighted by atomic mass is 16.4. The minimum atomic E-state index is -1.62. The Kier molecular flexibility index (Phi) is 6.10. The van der Waals surface area contributed by atoms with Crippen LogP contribution in [0.15, 0.2) is 0 Å². The van der Waals surface area contributed by atoms with Crippen LogP contribution in [0, 0.1) is 0 Å². The van der Waals surface area contributed by atoms with Gasteiger partial charge in [-0.2, -0.15) is 0 Å². The summed E-state index contributed by atoms with van der Waals surface area (Å²) in [5, 5.41) is 28.7. The lowest BCUT2D eigenvalue weighted by Crippen LogP contribution is -2.53. The standard InChI is InChI=1S/C12H18N2O7/c15-8(12(20)21)4-5-13-9(16)10(17)14-6-2-1-3-7(14)11(18)19/h7-8,15H,1-6H2,(H,13,16)(H,18,19)(H,20,21)/t7-,8+/m1/s1. The van der Waals surface area contributed by atoms with E-state index in [4.69, 9.17) is 15.3 Å². The molecule has 4 N–H and O–H groups in total. The normalized spacial score (nSPS) is 19.7. The topological polar surface area (TPSA) is 144 Å². The summed E-state index contributed by atoms with van der Waals surface area (Å²) < 4.78 is 0. The number of hydrogen-bond donors (Lipinski definition) is 4. The SMILES string of the molecule is O=C(NCC[C@H](O)C(=O)O)C(=O)N1CCCC[C@@H]1C(=O)O. The Hall–Kier alpha value is -2.16. The first kappa shape index (κ1) is 16.9. The molecule has 118 valence electrons. The number of rotatable bonds is 5. The van der Waals surface area contributed by atoms with E-state index < -0.39 is 35.9 Å². The molecule has 1 aliphatic rings. The third kappa shape index (κ3) is 4.71. The molecule has 9 heteroatoms. The van der Waals surface area contributed by atoms with Crippen LogP contribution in [0.4, 0.5) is 0 Å². The van der Waals surface area contributed by atoms with Gasteiger partial charge in [-0.3, -0.25) is 9.59 Å². The van der Waals surface area contributed by atoms with Crippen LogP contribution < -0.4 is 5.32 Å². The summed E-state index contributed by atoms with van der Waals surface area (Å²) in [6, 6.07) is -1.01. The second-order valence-electron chi connectivity index (χ2n) is 4.75. The summed E-state index contributed by atoms with van der Waals surface area (Å²) in [5.74, 6) is -4.53. The Bertz CT molecular complexity index is 437. The van der Waals surface area contributed by atoms with Crippen molar-refractivity contribution in [2.45, 2.75) is 37.8 Å². The van der Waals surface area contributed by atoms with Gasteiger partial charge in [-0.05, 0) is 19.3 Å². The van der Waals surface area contributed by atoms with Gasteiger partial charge in [0, 0.05) is 19.5 Å². The van der Waals surface area contributed by atoms with Gasteiger partial charge in [-0.1, -0.05) is 0 Å². The van der Waals surface area contributed by atoms with E-state index in [9.17, 15) is 19.2 Å². The van der Waals surface area contributed by atoms with Crippen molar-refractivity contribution in [2.75, 3.05) is 13.1 Å². The van der Waals surface area contributed by atoms with Gasteiger partial charge in [0.1, 0.15) is 6.04 Å². The largest absolute Gasteiger partial charge is 0.480 e. The van der Waals surface area contributed by atoms with Gasteiger partial charge in [0.15, 0.2) is 6.10 Å². The molecule has 1 aliphatic heterocycles. The first-order valence-corrected chi connectivity index (χ1v) is 6.57. The average molecular weight is 302 g/mol. The summed E-state index contributed by atoms with van der Waals surface area (Å²) >= 11 is 0. The van der Waals surface area contributed by atoms with Crippen molar-refractivity contribution >= 4 is 23.8 Å². The summed E-state index contributed by atoms with van der Waals surface area (Å²) in [6.45, 7) is 0.00455. The van der Waals surface area contributed by atoms with E-state index in [2.05, 4.69) is 5.32 Å². The van der Waals surface area contributed by atoms with Crippen LogP contribution in [0.25, 0.3) is 0 Å². The average Bonchev–Trinajstić information content (AvgIpc) is 2.45. The predicted octanol–water partition coefficient (Wildman–Crippen LogP) is -1.60. The molecule has 0 radical (unpaired) electrons. The van der Waals surface area contributed by atoms with Crippen molar-refractivity contribution in [1.29, 1.82) is 0 Å². The van der Waals surface area contributed by atoms with E-state index in [0.29, 0.717) is 19.3 Å². The number of carbonyl (C=O) groups excluding carboxylic acids is 2. The van der Waals surface area contributed by atoms with Crippen molar-refractivity contribution in [1.82, 2.24) is 10.2 Å². The quantitative estimate of drug-likeness (QED) is 0.448. The maximum Gasteiger partial charge on any atom is 0.332 e. The van der Waals surface area contributed by atoms with Crippen molar-refractivity contribution < 1.29 is 34.5 Å². The van der Waals surface area contributed by atoms with Gasteiger partial charge < -0.3 is 25.5 Å². The summed E-state index contributed by atoms with van der Waals surface area (Å²) in [5.41, 5.74) is 0. The van der Waals surface area contributed by atoms with Crippen molar-refractivity contribution in [3.05, 3.63) is 0 Å². The molecule has 1 rings (SSSR count). The lowest BCUT2D eigenvalue weighted by atomic mass is 10.0. The molecule has 0 spiro atoms. The minimum Gasteiger partial charge on any atom is -0.480 e. The van der Waals surface area contributed by atoms with E-state index in [1.165, 1.54) is 0 Å². The lowest BCUT2D eigenvalue weighted by Gasteiger charge is -2.32. The molecule has 0 bridgehead atoms. The fraction of sp³-hybridized carbons (Fsp3) is 0.667. The highest BCUT2D eigenvalue weighted by Crippen LogP contribution is 2.17. The van der Waals surface area contributed by atoms with Crippen LogP contribution >= 0.6 is 0 Å². The number of piperidine rings is 1. The Morgan fingerprint density at radius 3 is 2.43 bits per heavy atom. The van der Waals surface area contributed by atoms with E-state index in [-0.39, 0.29) is 19.5 Å². The monoisotopic (exact) mass is 302 g/mol. The van der Waals surface area contributed by atoms with Gasteiger partial charge in [0.25, 0.3) is 0 Å². The zero-order chi connectivity index (χ0) is 16.0. The summed E-state index contributed by atoms with van der Waals surface area (Å²) in [6.07, 6.45) is -0.265. The Morgan fingerprint density at radius 2 is 1.86 bits per heavy atom. The molecule has 1 fully saturated rings. The minimum absolute atomic E-state index is 0.191. The van der Waals surface area contributed by atoms with Crippen molar-refractivity contribution in [3.63, 3.8) is 0 Å². The van der Waals surface area contributed by atoms with Crippen molar-refractivity contribution in [3.8, 4) is 0 Å². The number of carboxylic acids is 2. The molecule has 0 unspecified atom stereocenters. The summed E-state index contributed by atoms with van der Waals surface area (Å²) in [4.78, 5) is 46.0. The number of hydrogen-bond acceptors (Lipinski definition) is 5. The summed E-state index contributed by atoms with van der Waals surface area (Å²) in [7, 11) is 0. The Morgan fingerprint density at radius 1 is 1.19 bits per heavy atom. The van der Waals surface area contributed by atoms with Crippen LogP contribution in [-0.2, 0) is 19.2 Å². The van der Waals surface area contributed by atoms with E-state index >= 15 is 0 Å². The smallest absolute Gasteiger partial charge is 0.332 e. The van der Waals surface area contributed by atoms with Gasteiger partial charge in [0.05, 0.1) is 0 Å². The molecule has 21 heavy (non-hydrogen) atoms. The molecule has 1 heterocycles. The highest BCUT2D eigenvalue weighted by Gasteiger charge is 2.34. The maximum atomic E-state index is 11.9. The molecule has 0 saturated carbocycles. The first-order valence-electron chi connectivity index (χ1n) is 6.57. The van der Waals surface area contributed by atoms with E-state index in [0.717, 1.165) is 4.90 Å². The number of nitrogens with zero attached hydrogens (tertiary/aromatic N) is 1. The molecule has 0 aliphatic carbocycles. The van der Waals surface area contributed by atoms with E-state index in [1.807, 2.05) is 0 Å². The fourth-order valence-electron chi connectivity index (χ4n) is 2.08. The van der Waals surface area contributed by atoms with Crippen LogP contribution in [0.2, 0.25) is 0 Å². The van der Waals surface area contributed by atoms with Gasteiger partial charge in [-0.15, -0.1) is 0 Å². The van der Waals surface area contributed by atoms with Gasteiger partial charge in [0.2, 0.25) is 0 Å². The van der Waals surface area contributed by atoms with Gasteiger partial charge in [-0.25, -0.2) is 9.59 Å². The number of aliphatic carboxylic acids is 2. The second kappa shape index (κ2) is 7.58. The Labute approximate surface area is 120 Å². The number of carboxylic acid groups (broad SMARTS) is 2. The highest BCUT2D eigenvalue weighted by molar-refractivity contribution is 6.35. The van der Waals surface area contributed by atoms with Crippen molar-refractivity contribution in [2.24, 2.45) is 0 Å². The zero-order valence-corrected chi connectivity index (χ0v) is 11.3. The number of carbonyl (C=O) groups is 4. The van der Waals surface area contributed by atoms with Crippen LogP contribution in [0.3, 0.4) is 0 Å². The Balaban J connectivity index is 2.51. The molecule has 0 aromatic rings. The maximum absolute atomic E-state index is 11.9. The number of nitrogens with one attached hydrogen (secondary N) is 1. The molecule has 1 saturated heterocycles. The van der Waals surface area contributed by atoms with Crippen LogP contribution in [0.5, 0.6) is 0 Å². The molecule has 2 atom stereocenters. The molecule has 9 nitrogen and oxygen atoms in total. The molecule has 0 aromatic carbocycles. The number of likely N-dealkylation sites (tertiary alicyclic amines) is 1. The second-order valence-corrected chi connectivity index (χ2v) is 4.75. The van der Waals surface area contributed by atoms with Gasteiger partial charge >= 0.3 is 23.8 Å². The molecular formula is C12H18N2O7. The molecule has 0 aromatic heterocycles. The first-order chi connectivity index (χ1) is 9.84. The third-order valence-electron chi connectivity index (χ3n) is 3.23. The molecule has 2 amide bonds. The number of aliphatic hydroxyl groups excluding tert-OH is 1. The van der Waals surface area contributed by atoms with Crippen LogP contribution in [-0.4, -0.2) is 69.2 Å². The molecular weight excluding hydrogens is 284 g/mol. The fourth-order valence-corrected chi connectivity index (χ4v) is 2.08. The third-order valence-corrected chi connectivity index (χ3v) is 3.23.